The van der Waals surface area contributed by atoms with Crippen LogP contribution in [0.25, 0.3) is 199 Å². The van der Waals surface area contributed by atoms with Crippen molar-refractivity contribution in [3.63, 3.8) is 0 Å². The van der Waals surface area contributed by atoms with E-state index in [4.69, 9.17) is 29.9 Å². The Morgan fingerprint density at radius 2 is 0.513 bits per heavy atom. The Morgan fingerprint density at radius 1 is 0.174 bits per heavy atom. The fraction of sp³-hybridized carbons (Fsp3) is 0.0826. The monoisotopic (exact) mass is 1470 g/mol. The third kappa shape index (κ3) is 12.5. The van der Waals surface area contributed by atoms with E-state index >= 15 is 0 Å². The third-order valence-corrected chi connectivity index (χ3v) is 23.5. The summed E-state index contributed by atoms with van der Waals surface area (Å²) in [5.74, 6) is 0. The van der Waals surface area contributed by atoms with E-state index in [-0.39, 0.29) is 5.41 Å². The van der Waals surface area contributed by atoms with Crippen LogP contribution in [0.1, 0.15) is 59.1 Å². The highest BCUT2D eigenvalue weighted by atomic mass is 14.8. The van der Waals surface area contributed by atoms with E-state index in [9.17, 15) is 0 Å². The number of fused-ring (bicyclic) bond motifs is 15. The van der Waals surface area contributed by atoms with Crippen LogP contribution < -0.4 is 0 Å². The van der Waals surface area contributed by atoms with Gasteiger partial charge in [-0.15, -0.1) is 0 Å². The van der Waals surface area contributed by atoms with Gasteiger partial charge in [0, 0.05) is 71.9 Å². The van der Waals surface area contributed by atoms with Crippen LogP contribution in [0.4, 0.5) is 0 Å². The first kappa shape index (κ1) is 70.0. The number of nitrogens with zero attached hydrogens (tertiary/aromatic N) is 6. The maximum Gasteiger partial charge on any atom is 0.0974 e. The summed E-state index contributed by atoms with van der Waals surface area (Å²) in [5.41, 5.74) is 42.0. The first-order valence-electron chi connectivity index (χ1n) is 39.7. The second-order valence-electron chi connectivity index (χ2n) is 31.5. The van der Waals surface area contributed by atoms with Gasteiger partial charge in [0.1, 0.15) is 0 Å². The van der Waals surface area contributed by atoms with Crippen LogP contribution >= 0.6 is 0 Å². The van der Waals surface area contributed by atoms with Crippen molar-refractivity contribution in [2.75, 3.05) is 0 Å². The molecule has 6 nitrogen and oxygen atoms in total. The molecule has 0 aliphatic heterocycles. The Labute approximate surface area is 669 Å². The largest absolute Gasteiger partial charge is 0.251 e. The number of pyridine rings is 6. The fourth-order valence-electron chi connectivity index (χ4n) is 17.9. The zero-order chi connectivity index (χ0) is 77.7. The van der Waals surface area contributed by atoms with E-state index in [2.05, 4.69) is 374 Å². The molecule has 6 aromatic heterocycles. The third-order valence-electron chi connectivity index (χ3n) is 23.5. The highest BCUT2D eigenvalue weighted by Gasteiger charge is 2.35. The van der Waals surface area contributed by atoms with Crippen molar-refractivity contribution in [1.29, 1.82) is 0 Å². The van der Waals surface area contributed by atoms with E-state index in [0.717, 1.165) is 99.6 Å². The van der Waals surface area contributed by atoms with Gasteiger partial charge in [0.2, 0.25) is 0 Å². The molecule has 20 aromatic rings. The lowest BCUT2D eigenvalue weighted by molar-refractivity contribution is 0.660. The molecule has 0 N–H and O–H groups in total. The maximum atomic E-state index is 4.93. The Bertz CT molecular complexity index is 7360. The van der Waals surface area contributed by atoms with Gasteiger partial charge in [-0.25, -0.2) is 0 Å². The summed E-state index contributed by atoms with van der Waals surface area (Å²) in [5, 5.41) is 9.43. The molecule has 14 aromatic carbocycles. The van der Waals surface area contributed by atoms with E-state index in [1.54, 1.807) is 0 Å². The molecule has 0 spiro atoms. The van der Waals surface area contributed by atoms with E-state index in [0.29, 0.717) is 0 Å². The molecule has 546 valence electrons. The Morgan fingerprint density at radius 3 is 1.03 bits per heavy atom. The second-order valence-corrected chi connectivity index (χ2v) is 31.5. The molecule has 2 aliphatic carbocycles. The van der Waals surface area contributed by atoms with Gasteiger partial charge in [-0.3, -0.25) is 29.9 Å². The van der Waals surface area contributed by atoms with Gasteiger partial charge in [-0.2, -0.15) is 0 Å². The topological polar surface area (TPSA) is 77.3 Å². The minimum atomic E-state index is -0.00977. The highest BCUT2D eigenvalue weighted by molar-refractivity contribution is 6.16. The van der Waals surface area contributed by atoms with Crippen LogP contribution in [-0.4, -0.2) is 29.9 Å². The van der Waals surface area contributed by atoms with Crippen molar-refractivity contribution < 1.29 is 0 Å². The highest BCUT2D eigenvalue weighted by Crippen LogP contribution is 2.52. The predicted octanol–water partition coefficient (Wildman–Crippen LogP) is 28.6. The van der Waals surface area contributed by atoms with Gasteiger partial charge < -0.3 is 0 Å². The summed E-state index contributed by atoms with van der Waals surface area (Å²) in [4.78, 5) is 29.3. The Balaban J connectivity index is 0.000000112. The quantitative estimate of drug-likeness (QED) is 0.141. The van der Waals surface area contributed by atoms with Crippen molar-refractivity contribution in [3.8, 4) is 122 Å². The average Bonchev–Trinajstić information content (AvgIpc) is 1.58. The number of hydrogen-bond acceptors (Lipinski definition) is 6. The first-order valence-corrected chi connectivity index (χ1v) is 39.7. The molecule has 0 fully saturated rings. The van der Waals surface area contributed by atoms with E-state index in [1.807, 2.05) is 20.8 Å². The molecule has 0 unspecified atom stereocenters. The van der Waals surface area contributed by atoms with Crippen LogP contribution in [0, 0.1) is 41.5 Å². The molecular weight excluding hydrogens is 1390 g/mol. The lowest BCUT2D eigenvalue weighted by Crippen LogP contribution is -2.14. The van der Waals surface area contributed by atoms with Crippen molar-refractivity contribution >= 4 is 76.2 Å². The molecule has 0 bridgehead atoms. The standard InChI is InChI=1S/C38H28N2.C36H24N2.C35H28N2/c1-25-13-14-31-19-22-34-35(23-26(2)40-38(34)37(31)39-25)30-17-15-27(16-18-30)32-20-21-33(28-9-5-3-6-10-28)36(24-32)29-11-7-4-8-12-29;1-21-12-13-24-14-17-31-32(18-22(2)38-36(31)35(24)37-21)27-9-3-8-25(19-27)26-15-16-28-29-10-4-6-23-7-5-11-30(34(23)29)33(28)20-26;1-21-12-13-23-14-17-29-30(18-22(2)37-34(29)33(23)36-21)26-9-7-8-24(19-26)25-15-16-28-27-10-5-6-11-31(27)35(3,4)32(28)20-25/h3-24H,1-2H3;3-20H,1-2H3;5-20H,1-4H3. The summed E-state index contributed by atoms with van der Waals surface area (Å²) in [6, 6.07) is 123. The Kier molecular flexibility index (Phi) is 17.2. The molecule has 22 rings (SSSR count). The van der Waals surface area contributed by atoms with Gasteiger partial charge in [0.15, 0.2) is 0 Å². The second kappa shape index (κ2) is 28.2. The van der Waals surface area contributed by atoms with Crippen LogP contribution in [0.5, 0.6) is 0 Å². The SMILES string of the molecule is Cc1ccc2ccc3c(-c4ccc(-c5ccc(-c6ccccc6)c(-c6ccccc6)c5)cc4)cc(C)nc3c2n1.Cc1ccc2ccc3c(-c4cccc(-c5ccc6c(c5)-c5cccc7cccc-6c57)c4)cc(C)nc3c2n1.Cc1ccc2ccc3c(-c4cccc(-c5ccc6c(c5)C(C)(C)c5ccccc5-6)c4)cc(C)nc3c2n1. The summed E-state index contributed by atoms with van der Waals surface area (Å²) in [6.07, 6.45) is 0. The molecule has 6 heteroatoms. The van der Waals surface area contributed by atoms with Crippen LogP contribution in [-0.2, 0) is 5.41 Å². The summed E-state index contributed by atoms with van der Waals surface area (Å²) >= 11 is 0. The van der Waals surface area contributed by atoms with Gasteiger partial charge in [-0.1, -0.05) is 287 Å². The van der Waals surface area contributed by atoms with Crippen LogP contribution in [0.15, 0.2) is 340 Å². The predicted molar refractivity (Wildman–Crippen MR) is 483 cm³/mol. The number of aryl methyl sites for hydroxylation is 6. The number of rotatable bonds is 8. The average molecular weight is 1470 g/mol. The molecular formula is C109H80N6. The van der Waals surface area contributed by atoms with Gasteiger partial charge in [0.25, 0.3) is 0 Å². The molecule has 2 aliphatic rings. The van der Waals surface area contributed by atoms with Gasteiger partial charge >= 0.3 is 0 Å². The van der Waals surface area contributed by atoms with Crippen LogP contribution in [0.3, 0.4) is 0 Å². The minimum absolute atomic E-state index is 0.00977. The zero-order valence-corrected chi connectivity index (χ0v) is 65.5. The smallest absolute Gasteiger partial charge is 0.0974 e. The van der Waals surface area contributed by atoms with Crippen molar-refractivity contribution in [3.05, 3.63) is 385 Å². The minimum Gasteiger partial charge on any atom is -0.251 e. The lowest BCUT2D eigenvalue weighted by atomic mass is 9.81. The zero-order valence-electron chi connectivity index (χ0n) is 65.5. The van der Waals surface area contributed by atoms with E-state index in [1.165, 1.54) is 144 Å². The number of aromatic nitrogens is 6. The summed E-state index contributed by atoms with van der Waals surface area (Å²) in [6.45, 7) is 17.0. The first-order chi connectivity index (χ1) is 56.2. The molecule has 0 atom stereocenters. The van der Waals surface area contributed by atoms with Crippen molar-refractivity contribution in [1.82, 2.24) is 29.9 Å². The number of benzene rings is 14. The molecule has 0 saturated heterocycles. The van der Waals surface area contributed by atoms with Gasteiger partial charge in [0.05, 0.1) is 33.1 Å². The number of hydrogen-bond donors (Lipinski definition) is 0. The molecule has 115 heavy (non-hydrogen) atoms. The molecule has 0 radical (unpaired) electrons. The normalized spacial score (nSPS) is 12.2. The van der Waals surface area contributed by atoms with Gasteiger partial charge in [-0.05, 0) is 253 Å². The molecule has 6 heterocycles. The summed E-state index contributed by atoms with van der Waals surface area (Å²) < 4.78 is 0. The van der Waals surface area contributed by atoms with E-state index < -0.39 is 0 Å². The molecule has 0 amide bonds. The van der Waals surface area contributed by atoms with Crippen molar-refractivity contribution in [2.45, 2.75) is 60.8 Å². The lowest BCUT2D eigenvalue weighted by Gasteiger charge is -2.22. The summed E-state index contributed by atoms with van der Waals surface area (Å²) in [7, 11) is 0. The van der Waals surface area contributed by atoms with Crippen molar-refractivity contribution in [2.24, 2.45) is 0 Å². The fourth-order valence-corrected chi connectivity index (χ4v) is 17.9. The maximum absolute atomic E-state index is 4.93. The molecule has 0 saturated carbocycles. The Hall–Kier alpha value is -14.2. The van der Waals surface area contributed by atoms with Crippen LogP contribution in [0.2, 0.25) is 0 Å².